The van der Waals surface area contributed by atoms with Crippen LogP contribution in [0.15, 0.2) is 45.4 Å². The van der Waals surface area contributed by atoms with Gasteiger partial charge in [0.05, 0.1) is 22.4 Å². The van der Waals surface area contributed by atoms with Crippen molar-refractivity contribution in [3.8, 4) is 0 Å². The summed E-state index contributed by atoms with van der Waals surface area (Å²) in [6.07, 6.45) is 0.450. The number of benzene rings is 1. The number of hydrazine groups is 1. The van der Waals surface area contributed by atoms with E-state index in [2.05, 4.69) is 26.0 Å². The van der Waals surface area contributed by atoms with Crippen molar-refractivity contribution in [2.24, 2.45) is 0 Å². The topological polar surface area (TPSA) is 110 Å². The van der Waals surface area contributed by atoms with E-state index < -0.39 is 5.25 Å². The molecule has 0 fully saturated rings. The lowest BCUT2D eigenvalue weighted by Crippen LogP contribution is -2.44. The average molecular weight is 403 g/mol. The molecular weight excluding hydrogens is 386 g/mol. The van der Waals surface area contributed by atoms with E-state index in [9.17, 15) is 9.59 Å². The van der Waals surface area contributed by atoms with Crippen molar-refractivity contribution in [3.63, 3.8) is 0 Å². The van der Waals surface area contributed by atoms with Gasteiger partial charge in [-0.05, 0) is 26.0 Å². The van der Waals surface area contributed by atoms with Gasteiger partial charge in [0.25, 0.3) is 17.0 Å². The first-order valence-corrected chi connectivity index (χ1v) is 9.82. The Morgan fingerprint density at radius 3 is 2.70 bits per heavy atom. The Balaban J connectivity index is 1.49. The smallest absolute Gasteiger partial charge is 0.277 e. The van der Waals surface area contributed by atoms with Gasteiger partial charge in [-0.15, -0.1) is 21.5 Å². The normalized spacial score (nSPS) is 11.8. The molecule has 0 saturated heterocycles. The van der Waals surface area contributed by atoms with Gasteiger partial charge in [-0.1, -0.05) is 30.0 Å². The van der Waals surface area contributed by atoms with Crippen molar-refractivity contribution in [2.75, 3.05) is 0 Å². The Kier molecular flexibility index (Phi) is 6.20. The number of carbonyl (C=O) groups is 2. The molecule has 1 aromatic carbocycles. The number of thiazole rings is 1. The highest BCUT2D eigenvalue weighted by molar-refractivity contribution is 8.00. The summed E-state index contributed by atoms with van der Waals surface area (Å²) in [4.78, 5) is 28.4. The molecule has 0 aliphatic heterocycles. The number of amides is 2. The molecular formula is C17H17N5O3S2. The van der Waals surface area contributed by atoms with Gasteiger partial charge >= 0.3 is 0 Å². The molecule has 3 rings (SSSR count). The Bertz CT molecular complexity index is 926. The average Bonchev–Trinajstić information content (AvgIpc) is 3.29. The zero-order valence-electron chi connectivity index (χ0n) is 14.6. The lowest BCUT2D eigenvalue weighted by molar-refractivity contribution is -0.121. The maximum absolute atomic E-state index is 12.1. The SMILES string of the molecule is Cc1nc(Cc2nnc(S[C@H](C)C(=O)NNC(=O)c3ccccc3)o2)cs1. The zero-order valence-corrected chi connectivity index (χ0v) is 16.3. The van der Waals surface area contributed by atoms with Crippen LogP contribution in [-0.2, 0) is 11.2 Å². The van der Waals surface area contributed by atoms with Crippen LogP contribution in [0.25, 0.3) is 0 Å². The first-order valence-electron chi connectivity index (χ1n) is 8.06. The predicted octanol–water partition coefficient (Wildman–Crippen LogP) is 2.37. The van der Waals surface area contributed by atoms with Crippen molar-refractivity contribution in [1.29, 1.82) is 0 Å². The number of hydrogen-bond acceptors (Lipinski definition) is 8. The van der Waals surface area contributed by atoms with E-state index in [0.29, 0.717) is 17.9 Å². The van der Waals surface area contributed by atoms with Crippen molar-refractivity contribution < 1.29 is 14.0 Å². The van der Waals surface area contributed by atoms with E-state index in [4.69, 9.17) is 4.42 Å². The summed E-state index contributed by atoms with van der Waals surface area (Å²) in [5.41, 5.74) is 6.10. The second-order valence-corrected chi connectivity index (χ2v) is 7.92. The summed E-state index contributed by atoms with van der Waals surface area (Å²) >= 11 is 2.67. The third kappa shape index (κ3) is 5.38. The maximum atomic E-state index is 12.1. The minimum absolute atomic E-state index is 0.286. The molecule has 0 radical (unpaired) electrons. The van der Waals surface area contributed by atoms with Crippen LogP contribution >= 0.6 is 23.1 Å². The quantitative estimate of drug-likeness (QED) is 0.480. The Labute approximate surface area is 163 Å². The molecule has 27 heavy (non-hydrogen) atoms. The van der Waals surface area contributed by atoms with Gasteiger partial charge in [0.15, 0.2) is 0 Å². The highest BCUT2D eigenvalue weighted by Gasteiger charge is 2.19. The number of nitrogens with zero attached hydrogens (tertiary/aromatic N) is 3. The molecule has 0 aliphatic rings. The Morgan fingerprint density at radius 2 is 2.00 bits per heavy atom. The van der Waals surface area contributed by atoms with Gasteiger partial charge in [0, 0.05) is 10.9 Å². The number of aryl methyl sites for hydroxylation is 1. The first kappa shape index (κ1) is 19.1. The van der Waals surface area contributed by atoms with Crippen LogP contribution in [0.4, 0.5) is 0 Å². The van der Waals surface area contributed by atoms with Crippen LogP contribution in [0.2, 0.25) is 0 Å². The molecule has 10 heteroatoms. The van der Waals surface area contributed by atoms with Gasteiger partial charge in [-0.2, -0.15) is 0 Å². The molecule has 2 heterocycles. The van der Waals surface area contributed by atoms with Crippen LogP contribution in [0, 0.1) is 6.92 Å². The summed E-state index contributed by atoms with van der Waals surface area (Å²) in [6.45, 7) is 3.61. The van der Waals surface area contributed by atoms with Gasteiger partial charge in [0.1, 0.15) is 0 Å². The van der Waals surface area contributed by atoms with E-state index in [1.807, 2.05) is 18.4 Å². The number of hydrogen-bond donors (Lipinski definition) is 2. The highest BCUT2D eigenvalue weighted by Crippen LogP contribution is 2.22. The fourth-order valence-electron chi connectivity index (χ4n) is 2.09. The number of thioether (sulfide) groups is 1. The molecule has 0 bridgehead atoms. The number of carbonyl (C=O) groups excluding carboxylic acids is 2. The minimum atomic E-state index is -0.532. The van der Waals surface area contributed by atoms with Crippen LogP contribution in [0.1, 0.15) is 33.9 Å². The first-order chi connectivity index (χ1) is 13.0. The Morgan fingerprint density at radius 1 is 1.22 bits per heavy atom. The maximum Gasteiger partial charge on any atom is 0.277 e. The zero-order chi connectivity index (χ0) is 19.2. The molecule has 0 aliphatic carbocycles. The lowest BCUT2D eigenvalue weighted by atomic mass is 10.2. The second kappa shape index (κ2) is 8.78. The summed E-state index contributed by atoms with van der Waals surface area (Å²) in [5, 5.41) is 10.6. The van der Waals surface area contributed by atoms with Crippen LogP contribution in [0.5, 0.6) is 0 Å². The van der Waals surface area contributed by atoms with Crippen LogP contribution in [-0.4, -0.2) is 32.2 Å². The molecule has 3 aromatic rings. The monoisotopic (exact) mass is 403 g/mol. The van der Waals surface area contributed by atoms with E-state index in [0.717, 1.165) is 22.5 Å². The van der Waals surface area contributed by atoms with E-state index in [1.54, 1.807) is 42.5 Å². The van der Waals surface area contributed by atoms with E-state index in [-0.39, 0.29) is 17.0 Å². The highest BCUT2D eigenvalue weighted by atomic mass is 32.2. The summed E-state index contributed by atoms with van der Waals surface area (Å²) < 4.78 is 5.55. The molecule has 2 aromatic heterocycles. The van der Waals surface area contributed by atoms with Gasteiger partial charge < -0.3 is 4.42 Å². The number of rotatable bonds is 6. The predicted molar refractivity (Wildman–Crippen MR) is 101 cm³/mol. The van der Waals surface area contributed by atoms with Crippen molar-refractivity contribution >= 4 is 34.9 Å². The summed E-state index contributed by atoms with van der Waals surface area (Å²) in [5.74, 6) is -0.327. The van der Waals surface area contributed by atoms with Gasteiger partial charge in [0.2, 0.25) is 5.89 Å². The van der Waals surface area contributed by atoms with Crippen molar-refractivity contribution in [2.45, 2.75) is 30.7 Å². The molecule has 140 valence electrons. The van der Waals surface area contributed by atoms with Crippen molar-refractivity contribution in [3.05, 3.63) is 57.9 Å². The molecule has 0 unspecified atom stereocenters. The van der Waals surface area contributed by atoms with Gasteiger partial charge in [-0.3, -0.25) is 20.4 Å². The van der Waals surface area contributed by atoms with E-state index >= 15 is 0 Å². The molecule has 0 spiro atoms. The van der Waals surface area contributed by atoms with Gasteiger partial charge in [-0.25, -0.2) is 4.98 Å². The summed E-state index contributed by atoms with van der Waals surface area (Å²) in [6, 6.07) is 8.61. The molecule has 1 atom stereocenters. The fourth-order valence-corrected chi connectivity index (χ4v) is 3.40. The second-order valence-electron chi connectivity index (χ2n) is 5.57. The van der Waals surface area contributed by atoms with Crippen LogP contribution < -0.4 is 10.9 Å². The lowest BCUT2D eigenvalue weighted by Gasteiger charge is -2.10. The standard InChI is InChI=1S/C17H17N5O3S2/c1-10(15(23)20-21-16(24)12-6-4-3-5-7-12)27-17-22-19-14(25-17)8-13-9-26-11(2)18-13/h3-7,9-10H,8H2,1-2H3,(H,20,23)(H,21,24)/t10-/m1/s1. The molecule has 2 N–H and O–H groups in total. The van der Waals surface area contributed by atoms with Crippen molar-refractivity contribution in [1.82, 2.24) is 26.0 Å². The molecule has 8 nitrogen and oxygen atoms in total. The van der Waals surface area contributed by atoms with Crippen LogP contribution in [0.3, 0.4) is 0 Å². The number of aromatic nitrogens is 3. The fraction of sp³-hybridized carbons (Fsp3) is 0.235. The number of nitrogens with one attached hydrogen (secondary N) is 2. The summed E-state index contributed by atoms with van der Waals surface area (Å²) in [7, 11) is 0. The van der Waals surface area contributed by atoms with E-state index in [1.165, 1.54) is 0 Å². The minimum Gasteiger partial charge on any atom is -0.416 e. The molecule has 0 saturated carbocycles. The largest absolute Gasteiger partial charge is 0.416 e. The third-order valence-corrected chi connectivity index (χ3v) is 5.19. The Hall–Kier alpha value is -2.72. The third-order valence-electron chi connectivity index (χ3n) is 3.43. The molecule has 2 amide bonds.